The first-order valence-electron chi connectivity index (χ1n) is 4.39. The molecule has 12 heavy (non-hydrogen) atoms. The lowest BCUT2D eigenvalue weighted by atomic mass is 10.5. The van der Waals surface area contributed by atoms with Crippen LogP contribution in [0.4, 0.5) is 0 Å². The molecule has 0 unspecified atom stereocenters. The summed E-state index contributed by atoms with van der Waals surface area (Å²) in [5, 5.41) is 0. The molecule has 2 heteroatoms. The maximum Gasteiger partial charge on any atom is 0.109 e. The Labute approximate surface area is 74.9 Å². The fraction of sp³-hybridized carbons (Fsp3) is 0.500. The van der Waals surface area contributed by atoms with Gasteiger partial charge in [-0.1, -0.05) is 19.9 Å². The minimum Gasteiger partial charge on any atom is -0.308 e. The van der Waals surface area contributed by atoms with E-state index in [1.807, 2.05) is 53.1 Å². The third-order valence-electron chi connectivity index (χ3n) is 1.46. The highest BCUT2D eigenvalue weighted by Gasteiger charge is 1.95. The predicted octanol–water partition coefficient (Wildman–Crippen LogP) is 3.02. The summed E-state index contributed by atoms with van der Waals surface area (Å²) in [6.45, 7) is 10.0. The molecule has 0 aliphatic rings. The minimum atomic E-state index is 1.04. The molecule has 1 rings (SSSR count). The predicted molar refractivity (Wildman–Crippen MR) is 54.1 cm³/mol. The zero-order valence-electron chi connectivity index (χ0n) is 8.63. The molecular weight excluding hydrogens is 148 g/mol. The van der Waals surface area contributed by atoms with Crippen molar-refractivity contribution in [2.75, 3.05) is 0 Å². The summed E-state index contributed by atoms with van der Waals surface area (Å²) in [6.07, 6.45) is 5.88. The zero-order chi connectivity index (χ0) is 9.56. The average Bonchev–Trinajstić information content (AvgIpc) is 2.40. The first kappa shape index (κ1) is 11.0. The Morgan fingerprint density at radius 3 is 2.25 bits per heavy atom. The van der Waals surface area contributed by atoms with Crippen molar-refractivity contribution in [3.63, 3.8) is 0 Å². The molecule has 0 saturated heterocycles. The van der Waals surface area contributed by atoms with Gasteiger partial charge in [-0.05, 0) is 20.8 Å². The maximum atomic E-state index is 4.15. The molecule has 68 valence electrons. The lowest BCUT2D eigenvalue weighted by Crippen LogP contribution is -1.91. The van der Waals surface area contributed by atoms with Crippen molar-refractivity contribution in [1.29, 1.82) is 0 Å². The van der Waals surface area contributed by atoms with Gasteiger partial charge in [-0.2, -0.15) is 0 Å². The Hall–Kier alpha value is -1.05. The molecule has 0 bridgehead atoms. The maximum absolute atomic E-state index is 4.15. The second-order valence-corrected chi connectivity index (χ2v) is 2.30. The fourth-order valence-electron chi connectivity index (χ4n) is 0.941. The summed E-state index contributed by atoms with van der Waals surface area (Å²) in [5.41, 5.74) is 1.18. The summed E-state index contributed by atoms with van der Waals surface area (Å²) >= 11 is 0. The Balaban J connectivity index is 0.000000561. The van der Waals surface area contributed by atoms with E-state index >= 15 is 0 Å². The first-order valence-corrected chi connectivity index (χ1v) is 4.39. The molecule has 0 aromatic carbocycles. The molecule has 0 saturated carbocycles. The second kappa shape index (κ2) is 5.58. The molecule has 2 nitrogen and oxygen atoms in total. The summed E-state index contributed by atoms with van der Waals surface area (Å²) in [7, 11) is 0. The van der Waals surface area contributed by atoms with E-state index in [0.717, 1.165) is 5.82 Å². The van der Waals surface area contributed by atoms with E-state index in [0.29, 0.717) is 0 Å². The molecule has 0 amide bonds. The van der Waals surface area contributed by atoms with E-state index < -0.39 is 0 Å². The Morgan fingerprint density at radius 1 is 1.33 bits per heavy atom. The van der Waals surface area contributed by atoms with Crippen molar-refractivity contribution >= 4 is 6.20 Å². The van der Waals surface area contributed by atoms with Crippen LogP contribution in [0.3, 0.4) is 0 Å². The SMILES string of the molecule is C/C=C\n1c(C)cnc1C.CC. The quantitative estimate of drug-likeness (QED) is 0.627. The van der Waals surface area contributed by atoms with E-state index in [1.165, 1.54) is 5.69 Å². The minimum absolute atomic E-state index is 1.04. The molecule has 0 aliphatic carbocycles. The highest BCUT2D eigenvalue weighted by atomic mass is 15.1. The molecule has 1 heterocycles. The Bertz CT molecular complexity index is 227. The van der Waals surface area contributed by atoms with Gasteiger partial charge < -0.3 is 4.57 Å². The van der Waals surface area contributed by atoms with Crippen LogP contribution in [-0.2, 0) is 0 Å². The van der Waals surface area contributed by atoms with Crippen LogP contribution >= 0.6 is 0 Å². The standard InChI is InChI=1S/C8H12N2.C2H6/c1-4-5-10-7(2)6-9-8(10)3;1-2/h4-6H,1-3H3;1-2H3/b5-4-;. The van der Waals surface area contributed by atoms with Crippen LogP contribution in [0.2, 0.25) is 0 Å². The fourth-order valence-corrected chi connectivity index (χ4v) is 0.941. The summed E-state index contributed by atoms with van der Waals surface area (Å²) < 4.78 is 2.06. The number of allylic oxidation sites excluding steroid dienone is 1. The zero-order valence-corrected chi connectivity index (χ0v) is 8.63. The van der Waals surface area contributed by atoms with Crippen molar-refractivity contribution in [1.82, 2.24) is 9.55 Å². The van der Waals surface area contributed by atoms with Gasteiger partial charge in [0.2, 0.25) is 0 Å². The van der Waals surface area contributed by atoms with Gasteiger partial charge in [-0.25, -0.2) is 4.98 Å². The molecule has 0 aliphatic heterocycles. The van der Waals surface area contributed by atoms with E-state index in [4.69, 9.17) is 0 Å². The van der Waals surface area contributed by atoms with Crippen LogP contribution in [0.1, 0.15) is 32.3 Å². The summed E-state index contributed by atoms with van der Waals surface area (Å²) in [4.78, 5) is 4.15. The van der Waals surface area contributed by atoms with Crippen LogP contribution < -0.4 is 0 Å². The molecule has 1 aromatic heterocycles. The van der Waals surface area contributed by atoms with Crippen LogP contribution in [-0.4, -0.2) is 9.55 Å². The number of hydrogen-bond acceptors (Lipinski definition) is 1. The van der Waals surface area contributed by atoms with Crippen molar-refractivity contribution in [3.8, 4) is 0 Å². The van der Waals surface area contributed by atoms with Gasteiger partial charge in [0.15, 0.2) is 0 Å². The van der Waals surface area contributed by atoms with Gasteiger partial charge >= 0.3 is 0 Å². The number of nitrogens with zero attached hydrogens (tertiary/aromatic N) is 2. The Kier molecular flexibility index (Phi) is 5.09. The van der Waals surface area contributed by atoms with Crippen molar-refractivity contribution in [2.45, 2.75) is 34.6 Å². The van der Waals surface area contributed by atoms with E-state index in [9.17, 15) is 0 Å². The monoisotopic (exact) mass is 166 g/mol. The van der Waals surface area contributed by atoms with Gasteiger partial charge in [-0.3, -0.25) is 0 Å². The number of hydrogen-bond donors (Lipinski definition) is 0. The molecular formula is C10H18N2. The van der Waals surface area contributed by atoms with Crippen molar-refractivity contribution < 1.29 is 0 Å². The van der Waals surface area contributed by atoms with E-state index in [-0.39, 0.29) is 0 Å². The van der Waals surface area contributed by atoms with Crippen molar-refractivity contribution in [2.24, 2.45) is 0 Å². The topological polar surface area (TPSA) is 17.8 Å². The van der Waals surface area contributed by atoms with E-state index in [1.54, 1.807) is 0 Å². The number of aryl methyl sites for hydroxylation is 2. The third-order valence-corrected chi connectivity index (χ3v) is 1.46. The highest BCUT2D eigenvalue weighted by Crippen LogP contribution is 2.02. The van der Waals surface area contributed by atoms with Gasteiger partial charge in [0.05, 0.1) is 0 Å². The molecule has 0 N–H and O–H groups in total. The molecule has 0 atom stereocenters. The van der Waals surface area contributed by atoms with Crippen LogP contribution in [0.25, 0.3) is 6.20 Å². The Morgan fingerprint density at radius 2 is 1.92 bits per heavy atom. The highest BCUT2D eigenvalue weighted by molar-refractivity contribution is 5.27. The molecule has 0 radical (unpaired) electrons. The summed E-state index contributed by atoms with van der Waals surface area (Å²) in [6, 6.07) is 0. The molecule has 0 fully saturated rings. The smallest absolute Gasteiger partial charge is 0.109 e. The first-order chi connectivity index (χ1) is 5.75. The number of aromatic nitrogens is 2. The lowest BCUT2D eigenvalue weighted by Gasteiger charge is -1.97. The number of imidazole rings is 1. The average molecular weight is 166 g/mol. The molecule has 1 aromatic rings. The lowest BCUT2D eigenvalue weighted by molar-refractivity contribution is 0.993. The van der Waals surface area contributed by atoms with Gasteiger partial charge in [0, 0.05) is 18.1 Å². The second-order valence-electron chi connectivity index (χ2n) is 2.30. The van der Waals surface area contributed by atoms with Crippen LogP contribution in [0.5, 0.6) is 0 Å². The van der Waals surface area contributed by atoms with Gasteiger partial charge in [0.25, 0.3) is 0 Å². The molecule has 0 spiro atoms. The van der Waals surface area contributed by atoms with E-state index in [2.05, 4.69) is 9.55 Å². The van der Waals surface area contributed by atoms with Gasteiger partial charge in [-0.15, -0.1) is 0 Å². The largest absolute Gasteiger partial charge is 0.308 e. The van der Waals surface area contributed by atoms with Crippen molar-refractivity contribution in [3.05, 3.63) is 23.8 Å². The van der Waals surface area contributed by atoms with Crippen LogP contribution in [0, 0.1) is 13.8 Å². The normalized spacial score (nSPS) is 9.75. The number of rotatable bonds is 1. The van der Waals surface area contributed by atoms with Gasteiger partial charge in [0.1, 0.15) is 5.82 Å². The third kappa shape index (κ3) is 2.53. The van der Waals surface area contributed by atoms with Crippen LogP contribution in [0.15, 0.2) is 12.3 Å². The summed E-state index contributed by atoms with van der Waals surface area (Å²) in [5.74, 6) is 1.04.